The topological polar surface area (TPSA) is 0 Å². The predicted molar refractivity (Wildman–Crippen MR) is 52.9 cm³/mol. The molecular formula is C12H8. The first-order valence-electron chi connectivity index (χ1n) is 3.21. The second kappa shape index (κ2) is 5.67. The van der Waals surface area contributed by atoms with Gasteiger partial charge in [-0.1, -0.05) is 24.3 Å². The molecule has 0 aromatic carbocycles. The number of hydrogen-bond donors (Lipinski definition) is 0. The van der Waals surface area contributed by atoms with E-state index in [0.29, 0.717) is 11.1 Å². The van der Waals surface area contributed by atoms with Crippen LogP contribution in [-0.4, -0.2) is 0 Å². The van der Waals surface area contributed by atoms with Crippen LogP contribution in [0.5, 0.6) is 0 Å². The highest BCUT2D eigenvalue weighted by Crippen LogP contribution is 1.99. The molecule has 0 heteroatoms. The molecule has 0 spiro atoms. The van der Waals surface area contributed by atoms with E-state index in [1.807, 2.05) is 0 Å². The Hall–Kier alpha value is -2.10. The third-order valence-corrected chi connectivity index (χ3v) is 1.04. The molecule has 12 heavy (non-hydrogen) atoms. The van der Waals surface area contributed by atoms with Crippen LogP contribution in [-0.2, 0) is 0 Å². The molecule has 0 fully saturated rings. The van der Waals surface area contributed by atoms with Gasteiger partial charge in [-0.3, -0.25) is 0 Å². The third kappa shape index (κ3) is 3.84. The maximum atomic E-state index is 5.17. The molecule has 56 valence electrons. The van der Waals surface area contributed by atoms with E-state index >= 15 is 0 Å². The van der Waals surface area contributed by atoms with Crippen LogP contribution in [0.25, 0.3) is 0 Å². The lowest BCUT2D eigenvalue weighted by atomic mass is 10.2. The van der Waals surface area contributed by atoms with Crippen LogP contribution in [0.1, 0.15) is 0 Å². The second-order valence-corrected chi connectivity index (χ2v) is 1.91. The normalized spacial score (nSPS) is 9.92. The van der Waals surface area contributed by atoms with Crippen molar-refractivity contribution in [2.45, 2.75) is 0 Å². The molecule has 0 aromatic rings. The van der Waals surface area contributed by atoms with E-state index in [1.54, 1.807) is 12.2 Å². The van der Waals surface area contributed by atoms with Crippen molar-refractivity contribution in [2.75, 3.05) is 0 Å². The molecule has 0 aliphatic rings. The average molecular weight is 152 g/mol. The molecular weight excluding hydrogens is 144 g/mol. The molecule has 0 aromatic heterocycles. The fourth-order valence-corrected chi connectivity index (χ4v) is 0.505. The minimum atomic E-state index is 0.532. The monoisotopic (exact) mass is 152 g/mol. The lowest BCUT2D eigenvalue weighted by molar-refractivity contribution is 1.71. The molecule has 0 unspecified atom stereocenters. The molecule has 0 saturated heterocycles. The van der Waals surface area contributed by atoms with E-state index in [9.17, 15) is 0 Å². The van der Waals surface area contributed by atoms with Crippen LogP contribution in [0.4, 0.5) is 0 Å². The van der Waals surface area contributed by atoms with Gasteiger partial charge in [-0.25, -0.2) is 0 Å². The van der Waals surface area contributed by atoms with Crippen molar-refractivity contribution < 1.29 is 0 Å². The molecule has 0 atom stereocenters. The zero-order valence-corrected chi connectivity index (χ0v) is 6.67. The van der Waals surface area contributed by atoms with E-state index in [-0.39, 0.29) is 0 Å². The summed E-state index contributed by atoms with van der Waals surface area (Å²) < 4.78 is 0. The Labute approximate surface area is 73.7 Å². The highest BCUT2D eigenvalue weighted by Gasteiger charge is 1.85. The van der Waals surface area contributed by atoms with Crippen LogP contribution < -0.4 is 0 Å². The molecule has 0 rings (SSSR count). The van der Waals surface area contributed by atoms with Crippen LogP contribution >= 0.6 is 0 Å². The summed E-state index contributed by atoms with van der Waals surface area (Å²) in [5, 5.41) is 0. The summed E-state index contributed by atoms with van der Waals surface area (Å²) in [4.78, 5) is 0. The summed E-state index contributed by atoms with van der Waals surface area (Å²) in [6.45, 7) is 3.58. The highest BCUT2D eigenvalue weighted by atomic mass is 13.9. The van der Waals surface area contributed by atoms with Crippen LogP contribution in [0.3, 0.4) is 0 Å². The van der Waals surface area contributed by atoms with Gasteiger partial charge in [0.25, 0.3) is 0 Å². The third-order valence-electron chi connectivity index (χ3n) is 1.04. The van der Waals surface area contributed by atoms with Crippen molar-refractivity contribution in [2.24, 2.45) is 0 Å². The first kappa shape index (κ1) is 9.90. The molecule has 0 heterocycles. The largest absolute Gasteiger partial charge is 0.115 e. The Kier molecular flexibility index (Phi) is 4.68. The van der Waals surface area contributed by atoms with Gasteiger partial charge in [0.2, 0.25) is 0 Å². The Morgan fingerprint density at radius 1 is 1.17 bits per heavy atom. The van der Waals surface area contributed by atoms with Crippen molar-refractivity contribution in [1.82, 2.24) is 0 Å². The lowest BCUT2D eigenvalue weighted by Crippen LogP contribution is -1.74. The zero-order chi connectivity index (χ0) is 9.40. The van der Waals surface area contributed by atoms with Gasteiger partial charge in [-0.05, 0) is 18.2 Å². The summed E-state index contributed by atoms with van der Waals surface area (Å²) >= 11 is 0. The maximum absolute atomic E-state index is 5.17. The van der Waals surface area contributed by atoms with Crippen molar-refractivity contribution in [1.29, 1.82) is 0 Å². The van der Waals surface area contributed by atoms with E-state index < -0.39 is 0 Å². The maximum Gasteiger partial charge on any atom is 0.0261 e. The summed E-state index contributed by atoms with van der Waals surface area (Å²) in [5.41, 5.74) is 1.15. The molecule has 0 aliphatic carbocycles. The summed E-state index contributed by atoms with van der Waals surface area (Å²) in [6.07, 6.45) is 20.0. The van der Waals surface area contributed by atoms with Crippen molar-refractivity contribution in [3.63, 3.8) is 0 Å². The summed E-state index contributed by atoms with van der Waals surface area (Å²) in [7, 11) is 0. The number of hydrogen-bond acceptors (Lipinski definition) is 0. The molecule has 0 aliphatic heterocycles. The van der Waals surface area contributed by atoms with Crippen molar-refractivity contribution in [3.05, 3.63) is 36.0 Å². The Balaban J connectivity index is 4.64. The zero-order valence-electron chi connectivity index (χ0n) is 6.67. The van der Waals surface area contributed by atoms with Gasteiger partial charge < -0.3 is 0 Å². The smallest absolute Gasteiger partial charge is 0.0261 e. The van der Waals surface area contributed by atoms with E-state index in [4.69, 9.17) is 19.3 Å². The molecule has 0 nitrogen and oxygen atoms in total. The fraction of sp³-hybridized carbons (Fsp3) is 0. The minimum Gasteiger partial charge on any atom is -0.115 e. The van der Waals surface area contributed by atoms with Crippen LogP contribution in [0.2, 0.25) is 0 Å². The Bertz CT molecular complexity index is 343. The number of rotatable bonds is 2. The Morgan fingerprint density at radius 2 is 1.83 bits per heavy atom. The minimum absolute atomic E-state index is 0.532. The van der Waals surface area contributed by atoms with Gasteiger partial charge in [-0.2, -0.15) is 0 Å². The second-order valence-electron chi connectivity index (χ2n) is 1.91. The fourth-order valence-electron chi connectivity index (χ4n) is 0.505. The quantitative estimate of drug-likeness (QED) is 0.419. The molecule has 0 amide bonds. The highest BCUT2D eigenvalue weighted by molar-refractivity contribution is 5.47. The Morgan fingerprint density at radius 3 is 2.25 bits per heavy atom. The molecule has 0 N–H and O–H groups in total. The molecule has 0 saturated carbocycles. The van der Waals surface area contributed by atoms with Crippen LogP contribution in [0, 0.1) is 37.0 Å². The first-order chi connectivity index (χ1) is 5.74. The molecule has 0 bridgehead atoms. The summed E-state index contributed by atoms with van der Waals surface area (Å²) in [5.74, 6) is 7.10. The van der Waals surface area contributed by atoms with E-state index in [1.165, 1.54) is 6.08 Å². The van der Waals surface area contributed by atoms with Crippen molar-refractivity contribution >= 4 is 0 Å². The first-order valence-corrected chi connectivity index (χ1v) is 3.21. The van der Waals surface area contributed by atoms with Gasteiger partial charge >= 0.3 is 0 Å². The average Bonchev–Trinajstić information content (AvgIpc) is 2.11. The number of allylic oxidation sites excluding steroid dienone is 5. The van der Waals surface area contributed by atoms with Gasteiger partial charge in [0.15, 0.2) is 0 Å². The standard InChI is InChI=1S/C12H8/c1-5-8-9-12(7-3)10-11(4)6-2/h1-3,8-10H,4H2/b9-8+,12-10-. The SMILES string of the molecule is C#C/C=C/C(C#C)=C\C(=C)C#C. The lowest BCUT2D eigenvalue weighted by Gasteiger charge is -1.88. The van der Waals surface area contributed by atoms with Gasteiger partial charge in [-0.15, -0.1) is 19.3 Å². The van der Waals surface area contributed by atoms with Crippen molar-refractivity contribution in [3.8, 4) is 37.0 Å². The number of terminal acetylenes is 3. The van der Waals surface area contributed by atoms with Crippen LogP contribution in [0.15, 0.2) is 36.0 Å². The predicted octanol–water partition coefficient (Wildman–Crippen LogP) is 1.92. The van der Waals surface area contributed by atoms with E-state index in [2.05, 4.69) is 24.3 Å². The van der Waals surface area contributed by atoms with E-state index in [0.717, 1.165) is 0 Å². The van der Waals surface area contributed by atoms with Gasteiger partial charge in [0, 0.05) is 11.1 Å². The van der Waals surface area contributed by atoms with Gasteiger partial charge in [0.05, 0.1) is 0 Å². The molecule has 0 radical (unpaired) electrons. The summed E-state index contributed by atoms with van der Waals surface area (Å²) in [6, 6.07) is 0. The van der Waals surface area contributed by atoms with Gasteiger partial charge in [0.1, 0.15) is 0 Å².